The number of carboxylic acids is 1. The topological polar surface area (TPSA) is 83.8 Å². The van der Waals surface area contributed by atoms with Gasteiger partial charge in [-0.05, 0) is 23.6 Å². The minimum atomic E-state index is -1.19. The van der Waals surface area contributed by atoms with Gasteiger partial charge >= 0.3 is 5.97 Å². The Morgan fingerprint density at radius 2 is 1.42 bits per heavy atom. The van der Waals surface area contributed by atoms with Crippen LogP contribution in [0.3, 0.4) is 0 Å². The van der Waals surface area contributed by atoms with Crippen LogP contribution in [0.5, 0.6) is 0 Å². The second kappa shape index (κ2) is 10.1. The summed E-state index contributed by atoms with van der Waals surface area (Å²) in [4.78, 5) is 21.2. The number of nitrogens with zero attached hydrogens (tertiary/aromatic N) is 2. The first kappa shape index (κ1) is 22.2. The lowest BCUT2D eigenvalue weighted by Gasteiger charge is -2.36. The fourth-order valence-corrected chi connectivity index (χ4v) is 4.46. The van der Waals surface area contributed by atoms with Crippen LogP contribution in [0.2, 0.25) is 0 Å². The molecule has 3 aromatic carbocycles. The number of aromatic nitrogens is 1. The molecule has 2 N–H and O–H groups in total. The molecular formula is C26H23N3O3S. The number of anilines is 1. The van der Waals surface area contributed by atoms with Crippen molar-refractivity contribution in [3.63, 3.8) is 0 Å². The van der Waals surface area contributed by atoms with Crippen LogP contribution in [0.15, 0.2) is 102 Å². The Kier molecular flexibility index (Phi) is 6.80. The lowest BCUT2D eigenvalue weighted by molar-refractivity contribution is -0.129. The molecule has 0 bridgehead atoms. The van der Waals surface area contributed by atoms with Crippen molar-refractivity contribution in [1.82, 2.24) is 4.98 Å². The maximum absolute atomic E-state index is 11.7. The summed E-state index contributed by atoms with van der Waals surface area (Å²) >= 11 is 1.32. The van der Waals surface area contributed by atoms with E-state index in [0.717, 1.165) is 16.7 Å². The first-order valence-electron chi connectivity index (χ1n) is 10.5. The third-order valence-electron chi connectivity index (χ3n) is 5.15. The van der Waals surface area contributed by atoms with E-state index in [2.05, 4.69) is 51.9 Å². The number of benzene rings is 3. The van der Waals surface area contributed by atoms with E-state index in [-0.39, 0.29) is 18.0 Å². The first-order chi connectivity index (χ1) is 16.1. The van der Waals surface area contributed by atoms with Crippen molar-refractivity contribution >= 4 is 28.1 Å². The molecule has 1 aromatic heterocycles. The molecule has 0 aliphatic rings. The van der Waals surface area contributed by atoms with Crippen molar-refractivity contribution in [2.75, 3.05) is 11.9 Å². The van der Waals surface area contributed by atoms with Crippen LogP contribution in [0, 0.1) is 0 Å². The summed E-state index contributed by atoms with van der Waals surface area (Å²) in [6.07, 6.45) is 0. The lowest BCUT2D eigenvalue weighted by Crippen LogP contribution is -2.38. The van der Waals surface area contributed by atoms with Crippen LogP contribution < -0.4 is 5.32 Å². The van der Waals surface area contributed by atoms with Crippen LogP contribution in [0.25, 0.3) is 0 Å². The number of carboxylic acid groups (broad SMARTS) is 1. The second-order valence-corrected chi connectivity index (χ2v) is 8.03. The highest BCUT2D eigenvalue weighted by molar-refractivity contribution is 7.14. The smallest absolute Gasteiger partial charge is 0.360 e. The van der Waals surface area contributed by atoms with Gasteiger partial charge in [-0.2, -0.15) is 0 Å². The Bertz CT molecular complexity index is 1130. The van der Waals surface area contributed by atoms with Gasteiger partial charge in [0, 0.05) is 5.38 Å². The van der Waals surface area contributed by atoms with Crippen LogP contribution in [-0.4, -0.2) is 28.4 Å². The lowest BCUT2D eigenvalue weighted by atomic mass is 9.77. The van der Waals surface area contributed by atoms with E-state index < -0.39 is 11.5 Å². The Hall–Kier alpha value is -3.97. The molecule has 0 aliphatic carbocycles. The standard InChI is InChI=1S/C26H23N3O3S/c1-2-32-29-23(24(30)31)22-18-33-25(27-22)28-26(19-12-6-3-7-13-19,20-14-8-4-9-15-20)21-16-10-5-11-17-21/h3-18H,2H2,1H3,(H,27,28)(H,30,31)/b29-23-. The third kappa shape index (κ3) is 4.63. The van der Waals surface area contributed by atoms with Gasteiger partial charge in [0.1, 0.15) is 17.8 Å². The maximum atomic E-state index is 11.7. The van der Waals surface area contributed by atoms with Gasteiger partial charge in [0.25, 0.3) is 0 Å². The number of rotatable bonds is 9. The zero-order valence-electron chi connectivity index (χ0n) is 18.0. The van der Waals surface area contributed by atoms with E-state index in [4.69, 9.17) is 4.84 Å². The monoisotopic (exact) mass is 457 g/mol. The van der Waals surface area contributed by atoms with Crippen LogP contribution in [0.4, 0.5) is 5.13 Å². The summed E-state index contributed by atoms with van der Waals surface area (Å²) in [7, 11) is 0. The molecule has 0 radical (unpaired) electrons. The molecule has 0 spiro atoms. The van der Waals surface area contributed by atoms with Gasteiger partial charge in [-0.15, -0.1) is 11.3 Å². The summed E-state index contributed by atoms with van der Waals surface area (Å²) in [6.45, 7) is 2.01. The number of oxime groups is 1. The van der Waals surface area contributed by atoms with Crippen molar-refractivity contribution in [2.24, 2.45) is 5.16 Å². The van der Waals surface area contributed by atoms with Crippen LogP contribution in [0.1, 0.15) is 29.3 Å². The highest BCUT2D eigenvalue weighted by Gasteiger charge is 2.37. The van der Waals surface area contributed by atoms with E-state index in [0.29, 0.717) is 5.13 Å². The predicted octanol–water partition coefficient (Wildman–Crippen LogP) is 5.37. The van der Waals surface area contributed by atoms with E-state index in [1.54, 1.807) is 12.3 Å². The number of carbonyl (C=O) groups is 1. The molecule has 166 valence electrons. The molecule has 0 aliphatic heterocycles. The molecule has 6 nitrogen and oxygen atoms in total. The quantitative estimate of drug-likeness (QED) is 0.200. The second-order valence-electron chi connectivity index (χ2n) is 7.17. The maximum Gasteiger partial charge on any atom is 0.360 e. The fourth-order valence-electron chi connectivity index (χ4n) is 3.71. The van der Waals surface area contributed by atoms with Gasteiger partial charge in [0.2, 0.25) is 5.71 Å². The van der Waals surface area contributed by atoms with Gasteiger partial charge in [0.05, 0.1) is 0 Å². The minimum Gasteiger partial charge on any atom is -0.476 e. The van der Waals surface area contributed by atoms with Gasteiger partial charge in [-0.3, -0.25) is 0 Å². The SMILES string of the molecule is CCO/N=C(\C(=O)O)c1csc(NC(c2ccccc2)(c2ccccc2)c2ccccc2)n1. The minimum absolute atomic E-state index is 0.231. The molecule has 4 rings (SSSR count). The first-order valence-corrected chi connectivity index (χ1v) is 11.4. The van der Waals surface area contributed by atoms with E-state index in [1.807, 2.05) is 54.6 Å². The van der Waals surface area contributed by atoms with Gasteiger partial charge in [-0.1, -0.05) is 96.2 Å². The summed E-state index contributed by atoms with van der Waals surface area (Å²) in [5.41, 5.74) is 2.35. The number of aliphatic carboxylic acids is 1. The Balaban J connectivity index is 1.87. The number of nitrogens with one attached hydrogen (secondary N) is 1. The highest BCUT2D eigenvalue weighted by Crippen LogP contribution is 2.40. The number of hydrogen-bond donors (Lipinski definition) is 2. The molecule has 4 aromatic rings. The van der Waals surface area contributed by atoms with Crippen LogP contribution >= 0.6 is 11.3 Å². The molecular weight excluding hydrogens is 434 g/mol. The zero-order valence-corrected chi connectivity index (χ0v) is 18.8. The summed E-state index contributed by atoms with van der Waals surface area (Å²) < 4.78 is 0. The molecule has 1 heterocycles. The van der Waals surface area contributed by atoms with Crippen molar-refractivity contribution in [1.29, 1.82) is 0 Å². The summed E-state index contributed by atoms with van der Waals surface area (Å²) in [5.74, 6) is -1.19. The molecule has 33 heavy (non-hydrogen) atoms. The predicted molar refractivity (Wildman–Crippen MR) is 131 cm³/mol. The molecule has 0 saturated heterocycles. The van der Waals surface area contributed by atoms with E-state index in [9.17, 15) is 9.90 Å². The average molecular weight is 458 g/mol. The van der Waals surface area contributed by atoms with Crippen molar-refractivity contribution in [3.8, 4) is 0 Å². The van der Waals surface area contributed by atoms with Crippen molar-refractivity contribution < 1.29 is 14.7 Å². The normalized spacial score (nSPS) is 11.7. The van der Waals surface area contributed by atoms with Crippen molar-refractivity contribution in [2.45, 2.75) is 12.5 Å². The summed E-state index contributed by atoms with van der Waals surface area (Å²) in [6, 6.07) is 30.4. The Labute approximate surface area is 196 Å². The zero-order chi connectivity index (χ0) is 23.1. The van der Waals surface area contributed by atoms with Gasteiger partial charge in [-0.25, -0.2) is 9.78 Å². The highest BCUT2D eigenvalue weighted by atomic mass is 32.1. The third-order valence-corrected chi connectivity index (χ3v) is 5.91. The largest absolute Gasteiger partial charge is 0.476 e. The van der Waals surface area contributed by atoms with Crippen LogP contribution in [-0.2, 0) is 15.2 Å². The molecule has 0 saturated carbocycles. The number of thiazole rings is 1. The average Bonchev–Trinajstić information content (AvgIpc) is 3.32. The number of hydrogen-bond acceptors (Lipinski definition) is 6. The molecule has 0 unspecified atom stereocenters. The Morgan fingerprint density at radius 1 is 0.939 bits per heavy atom. The van der Waals surface area contributed by atoms with Gasteiger partial charge < -0.3 is 15.3 Å². The Morgan fingerprint density at radius 3 is 1.85 bits per heavy atom. The van der Waals surface area contributed by atoms with Crippen molar-refractivity contribution in [3.05, 3.63) is 119 Å². The molecule has 7 heteroatoms. The van der Waals surface area contributed by atoms with E-state index >= 15 is 0 Å². The fraction of sp³-hybridized carbons (Fsp3) is 0.115. The molecule has 0 atom stereocenters. The molecule has 0 fully saturated rings. The van der Waals surface area contributed by atoms with Gasteiger partial charge in [0.15, 0.2) is 5.13 Å². The van der Waals surface area contributed by atoms with E-state index in [1.165, 1.54) is 11.3 Å². The molecule has 0 amide bonds. The summed E-state index contributed by atoms with van der Waals surface area (Å²) in [5, 5.41) is 19.2.